The molecule has 1 nitrogen and oxygen atoms in total. The van der Waals surface area contributed by atoms with E-state index in [1.807, 2.05) is 11.3 Å². The van der Waals surface area contributed by atoms with Crippen LogP contribution in [0.4, 0.5) is 0 Å². The number of hydrogen-bond donors (Lipinski definition) is 0. The maximum atomic E-state index is 2.42. The highest BCUT2D eigenvalue weighted by atomic mass is 32.1. The average Bonchev–Trinajstić information content (AvgIpc) is 3.99. The summed E-state index contributed by atoms with van der Waals surface area (Å²) in [6.07, 6.45) is 0. The van der Waals surface area contributed by atoms with E-state index in [1.54, 1.807) is 0 Å². The quantitative estimate of drug-likeness (QED) is 0.164. The number of hydrogen-bond acceptors (Lipinski definition) is 1. The molecule has 2 heterocycles. The first-order valence-electron chi connectivity index (χ1n) is 21.1. The van der Waals surface area contributed by atoms with Gasteiger partial charge >= 0.3 is 0 Å². The van der Waals surface area contributed by atoms with Crippen molar-refractivity contribution in [3.05, 3.63) is 235 Å². The van der Waals surface area contributed by atoms with Crippen LogP contribution in [0.3, 0.4) is 0 Å². The molecule has 2 aromatic heterocycles. The average molecular weight is 792 g/mol. The summed E-state index contributed by atoms with van der Waals surface area (Å²) in [4.78, 5) is 0. The molecule has 10 aromatic carbocycles. The molecule has 0 spiro atoms. The molecular weight excluding hydrogens is 755 g/mol. The molecule has 0 aliphatic heterocycles. The Labute approximate surface area is 358 Å². The van der Waals surface area contributed by atoms with Gasteiger partial charge in [0.1, 0.15) is 0 Å². The lowest BCUT2D eigenvalue weighted by Gasteiger charge is -2.16. The molecule has 0 radical (unpaired) electrons. The first-order valence-corrected chi connectivity index (χ1v) is 21.9. The lowest BCUT2D eigenvalue weighted by Crippen LogP contribution is -1.99. The Morgan fingerprint density at radius 2 is 0.951 bits per heavy atom. The van der Waals surface area contributed by atoms with Gasteiger partial charge in [0.05, 0.1) is 11.0 Å². The highest BCUT2D eigenvalue weighted by Gasteiger charge is 2.30. The van der Waals surface area contributed by atoms with Gasteiger partial charge in [-0.1, -0.05) is 170 Å². The molecule has 0 saturated carbocycles. The van der Waals surface area contributed by atoms with E-state index in [2.05, 4.69) is 223 Å². The smallest absolute Gasteiger partial charge is 0.0541 e. The van der Waals surface area contributed by atoms with Gasteiger partial charge in [0.25, 0.3) is 0 Å². The minimum absolute atomic E-state index is 0.218. The fourth-order valence-electron chi connectivity index (χ4n) is 10.2. The minimum atomic E-state index is 0.218. The lowest BCUT2D eigenvalue weighted by atomic mass is 9.87. The normalized spacial score (nSPS) is 13.4. The largest absolute Gasteiger partial charge is 0.309 e. The van der Waals surface area contributed by atoms with Gasteiger partial charge in [-0.3, -0.25) is 0 Å². The van der Waals surface area contributed by atoms with Crippen molar-refractivity contribution in [2.24, 2.45) is 0 Å². The fourth-order valence-corrected chi connectivity index (χ4v) is 11.4. The maximum absolute atomic E-state index is 2.42. The Balaban J connectivity index is 0.896. The van der Waals surface area contributed by atoms with Crippen LogP contribution in [0.1, 0.15) is 22.6 Å². The second kappa shape index (κ2) is 13.5. The molecule has 61 heavy (non-hydrogen) atoms. The van der Waals surface area contributed by atoms with Crippen molar-refractivity contribution in [2.45, 2.75) is 5.92 Å². The summed E-state index contributed by atoms with van der Waals surface area (Å²) in [6, 6.07) is 81.1. The first-order chi connectivity index (χ1) is 30.2. The third-order valence-corrected chi connectivity index (χ3v) is 14.3. The van der Waals surface area contributed by atoms with Gasteiger partial charge in [-0.2, -0.15) is 0 Å². The topological polar surface area (TPSA) is 4.93 Å². The second-order valence-corrected chi connectivity index (χ2v) is 17.5. The van der Waals surface area contributed by atoms with Crippen molar-refractivity contribution in [3.8, 4) is 50.2 Å². The number of benzene rings is 10. The molecule has 12 aromatic rings. The van der Waals surface area contributed by atoms with Gasteiger partial charge in [0.15, 0.2) is 0 Å². The fraction of sp³-hybridized carbons (Fsp3) is 0.0169. The summed E-state index contributed by atoms with van der Waals surface area (Å²) in [5, 5.41) is 7.73. The zero-order valence-electron chi connectivity index (χ0n) is 33.2. The number of rotatable bonds is 5. The van der Waals surface area contributed by atoms with Crippen LogP contribution in [0.5, 0.6) is 0 Å². The van der Waals surface area contributed by atoms with Crippen molar-refractivity contribution >= 4 is 64.1 Å². The maximum Gasteiger partial charge on any atom is 0.0541 e. The Kier molecular flexibility index (Phi) is 7.61. The van der Waals surface area contributed by atoms with E-state index in [9.17, 15) is 0 Å². The van der Waals surface area contributed by atoms with E-state index < -0.39 is 0 Å². The van der Waals surface area contributed by atoms with Crippen molar-refractivity contribution in [3.63, 3.8) is 0 Å². The zero-order valence-corrected chi connectivity index (χ0v) is 34.0. The van der Waals surface area contributed by atoms with Crippen LogP contribution in [0, 0.1) is 0 Å². The van der Waals surface area contributed by atoms with Crippen molar-refractivity contribution < 1.29 is 0 Å². The lowest BCUT2D eigenvalue weighted by molar-refractivity contribution is 1.02. The van der Waals surface area contributed by atoms with Gasteiger partial charge in [-0.15, -0.1) is 11.3 Å². The van der Waals surface area contributed by atoms with Crippen LogP contribution in [0.15, 0.2) is 218 Å². The van der Waals surface area contributed by atoms with Crippen molar-refractivity contribution in [2.75, 3.05) is 0 Å². The number of aromatic nitrogens is 1. The van der Waals surface area contributed by atoms with Gasteiger partial charge in [0, 0.05) is 42.6 Å². The van der Waals surface area contributed by atoms with E-state index >= 15 is 0 Å². The predicted octanol–water partition coefficient (Wildman–Crippen LogP) is 16.5. The van der Waals surface area contributed by atoms with Crippen molar-refractivity contribution in [1.82, 2.24) is 4.57 Å². The minimum Gasteiger partial charge on any atom is -0.309 e. The summed E-state index contributed by atoms with van der Waals surface area (Å²) < 4.78 is 5.08. The predicted molar refractivity (Wildman–Crippen MR) is 260 cm³/mol. The molecule has 13 rings (SSSR count). The monoisotopic (exact) mass is 791 g/mol. The molecule has 0 saturated heterocycles. The number of thiophene rings is 1. The van der Waals surface area contributed by atoms with E-state index in [-0.39, 0.29) is 5.92 Å². The van der Waals surface area contributed by atoms with Crippen LogP contribution in [-0.4, -0.2) is 4.57 Å². The standard InChI is InChI=1S/C59H37NS/c1-2-13-45(14-3-1)60-55-31-28-42(35-53(55)54-36-43(29-32-56(54)60)46-18-10-19-51-48-16-8-9-20-57(48)61-59(46)51)39-23-21-38(22-24-39)41-27-30-50-52(34-41)47-15-6-7-17-49(47)58(50)44-26-25-37-11-4-5-12-40(37)33-44/h1-36,58H. The van der Waals surface area contributed by atoms with E-state index in [1.165, 1.54) is 120 Å². The summed E-state index contributed by atoms with van der Waals surface area (Å²) in [6.45, 7) is 0. The summed E-state index contributed by atoms with van der Waals surface area (Å²) >= 11 is 1.89. The third-order valence-electron chi connectivity index (χ3n) is 13.1. The number of nitrogens with zero attached hydrogens (tertiary/aromatic N) is 1. The van der Waals surface area contributed by atoms with Gasteiger partial charge in [0.2, 0.25) is 0 Å². The highest BCUT2D eigenvalue weighted by Crippen LogP contribution is 2.50. The summed E-state index contributed by atoms with van der Waals surface area (Å²) in [7, 11) is 0. The Bertz CT molecular complexity index is 3700. The Morgan fingerprint density at radius 3 is 1.79 bits per heavy atom. The molecule has 0 N–H and O–H groups in total. The highest BCUT2D eigenvalue weighted by molar-refractivity contribution is 7.26. The molecular formula is C59H37NS. The van der Waals surface area contributed by atoms with Crippen LogP contribution >= 0.6 is 11.3 Å². The molecule has 1 aliphatic carbocycles. The summed E-state index contributed by atoms with van der Waals surface area (Å²) in [5.41, 5.74) is 17.8. The molecule has 1 atom stereocenters. The Hall–Kier alpha value is -7.52. The van der Waals surface area contributed by atoms with Crippen LogP contribution < -0.4 is 0 Å². The van der Waals surface area contributed by atoms with E-state index in [0.717, 1.165) is 0 Å². The van der Waals surface area contributed by atoms with Crippen LogP contribution in [-0.2, 0) is 0 Å². The van der Waals surface area contributed by atoms with Gasteiger partial charge in [-0.25, -0.2) is 0 Å². The molecule has 0 bridgehead atoms. The molecule has 0 amide bonds. The molecule has 1 aliphatic rings. The molecule has 284 valence electrons. The van der Waals surface area contributed by atoms with Gasteiger partial charge < -0.3 is 4.57 Å². The molecule has 0 fully saturated rings. The molecule has 1 unspecified atom stereocenters. The number of para-hydroxylation sites is 1. The number of fused-ring (bicyclic) bond motifs is 10. The van der Waals surface area contributed by atoms with Crippen LogP contribution in [0.2, 0.25) is 0 Å². The van der Waals surface area contributed by atoms with Crippen LogP contribution in [0.25, 0.3) is 103 Å². The first kappa shape index (κ1) is 34.4. The molecule has 2 heteroatoms. The van der Waals surface area contributed by atoms with Gasteiger partial charge in [-0.05, 0) is 121 Å². The summed E-state index contributed by atoms with van der Waals surface area (Å²) in [5.74, 6) is 0.218. The van der Waals surface area contributed by atoms with Crippen molar-refractivity contribution in [1.29, 1.82) is 0 Å². The SMILES string of the molecule is c1ccc(-n2c3ccc(-c4ccc(-c5ccc6c(c5)-c5ccccc5C6c5ccc6ccccc6c5)cc4)cc3c3cc(-c4cccc5c4sc4ccccc45)ccc32)cc1. The third kappa shape index (κ3) is 5.39. The van der Waals surface area contributed by atoms with E-state index in [0.29, 0.717) is 0 Å². The second-order valence-electron chi connectivity index (χ2n) is 16.4. The Morgan fingerprint density at radius 1 is 0.344 bits per heavy atom. The zero-order chi connectivity index (χ0) is 40.0. The van der Waals surface area contributed by atoms with E-state index in [4.69, 9.17) is 0 Å².